The highest BCUT2D eigenvalue weighted by atomic mass is 16.4. The lowest BCUT2D eigenvalue weighted by Gasteiger charge is -2.14. The molecule has 0 aromatic carbocycles. The number of carboxylic acids is 1. The van der Waals surface area contributed by atoms with E-state index < -0.39 is 5.97 Å². The Hall–Kier alpha value is -1.08. The molecule has 0 fully saturated rings. The summed E-state index contributed by atoms with van der Waals surface area (Å²) < 4.78 is 0. The molecule has 2 unspecified atom stereocenters. The van der Waals surface area contributed by atoms with Crippen LogP contribution in [0.2, 0.25) is 0 Å². The molecule has 0 saturated heterocycles. The highest BCUT2D eigenvalue weighted by molar-refractivity contribution is 5.67. The lowest BCUT2D eigenvalue weighted by molar-refractivity contribution is -0.138. The molecule has 0 aliphatic heterocycles. The van der Waals surface area contributed by atoms with Gasteiger partial charge in [-0.1, -0.05) is 41.5 Å². The van der Waals surface area contributed by atoms with Gasteiger partial charge in [-0.2, -0.15) is 5.26 Å². The van der Waals surface area contributed by atoms with Crippen LogP contribution in [0.1, 0.15) is 60.8 Å². The zero-order valence-corrected chi connectivity index (χ0v) is 14.6. The molecule has 0 rings (SSSR count). The van der Waals surface area contributed by atoms with Crippen LogP contribution in [0, 0.1) is 40.9 Å². The van der Waals surface area contributed by atoms with E-state index in [-0.39, 0.29) is 18.3 Å². The van der Waals surface area contributed by atoms with Gasteiger partial charge in [-0.3, -0.25) is 4.79 Å². The second kappa shape index (κ2) is 12.6. The molecule has 4 nitrogen and oxygen atoms in total. The van der Waals surface area contributed by atoms with Crippen LogP contribution in [-0.4, -0.2) is 17.6 Å². The normalized spacial score (nSPS) is 13.6. The van der Waals surface area contributed by atoms with Gasteiger partial charge in [0.1, 0.15) is 0 Å². The Labute approximate surface area is 130 Å². The largest absolute Gasteiger partial charge is 0.481 e. The number of rotatable bonds is 8. The Morgan fingerprint density at radius 2 is 1.57 bits per heavy atom. The van der Waals surface area contributed by atoms with E-state index in [0.29, 0.717) is 24.3 Å². The third kappa shape index (κ3) is 15.1. The van der Waals surface area contributed by atoms with Crippen molar-refractivity contribution in [2.24, 2.45) is 35.3 Å². The van der Waals surface area contributed by atoms with Gasteiger partial charge in [0, 0.05) is 12.3 Å². The fourth-order valence-corrected chi connectivity index (χ4v) is 2.16. The second-order valence-electron chi connectivity index (χ2n) is 6.94. The smallest absolute Gasteiger partial charge is 0.303 e. The summed E-state index contributed by atoms with van der Waals surface area (Å²) >= 11 is 0. The van der Waals surface area contributed by atoms with Crippen LogP contribution in [-0.2, 0) is 4.79 Å². The van der Waals surface area contributed by atoms with Crippen molar-refractivity contribution in [3.8, 4) is 6.07 Å². The van der Waals surface area contributed by atoms with Gasteiger partial charge in [-0.15, -0.1) is 0 Å². The molecule has 0 bridgehead atoms. The summed E-state index contributed by atoms with van der Waals surface area (Å²) in [5, 5.41) is 17.2. The fourth-order valence-electron chi connectivity index (χ4n) is 2.16. The summed E-state index contributed by atoms with van der Waals surface area (Å²) in [4.78, 5) is 10.3. The van der Waals surface area contributed by atoms with Crippen molar-refractivity contribution in [3.63, 3.8) is 0 Å². The zero-order chi connectivity index (χ0) is 17.0. The number of nitrogens with zero attached hydrogens (tertiary/aromatic N) is 1. The molecule has 0 aliphatic rings. The van der Waals surface area contributed by atoms with Crippen molar-refractivity contribution in [1.82, 2.24) is 0 Å². The Morgan fingerprint density at radius 3 is 1.76 bits per heavy atom. The van der Waals surface area contributed by atoms with E-state index in [1.807, 2.05) is 0 Å². The predicted octanol–water partition coefficient (Wildman–Crippen LogP) is 3.91. The summed E-state index contributed by atoms with van der Waals surface area (Å²) in [5.41, 5.74) is 5.41. The van der Waals surface area contributed by atoms with Gasteiger partial charge >= 0.3 is 5.97 Å². The van der Waals surface area contributed by atoms with Gasteiger partial charge in [0.25, 0.3) is 0 Å². The Bertz CT molecular complexity index is 306. The Morgan fingerprint density at radius 1 is 1.10 bits per heavy atom. The first-order chi connectivity index (χ1) is 9.63. The predicted molar refractivity (Wildman–Crippen MR) is 87.6 cm³/mol. The van der Waals surface area contributed by atoms with Crippen LogP contribution in [0.3, 0.4) is 0 Å². The second-order valence-corrected chi connectivity index (χ2v) is 6.94. The molecule has 0 radical (unpaired) electrons. The number of hydrogen-bond donors (Lipinski definition) is 2. The molecule has 0 aromatic heterocycles. The van der Waals surface area contributed by atoms with Crippen LogP contribution >= 0.6 is 0 Å². The minimum atomic E-state index is -0.749. The van der Waals surface area contributed by atoms with Gasteiger partial charge in [-0.05, 0) is 43.1 Å². The van der Waals surface area contributed by atoms with Crippen molar-refractivity contribution < 1.29 is 9.90 Å². The summed E-state index contributed by atoms with van der Waals surface area (Å²) in [6.45, 7) is 13.2. The number of aliphatic carboxylic acids is 1. The third-order valence-corrected chi connectivity index (χ3v) is 3.30. The lowest BCUT2D eigenvalue weighted by atomic mass is 9.89. The first-order valence-electron chi connectivity index (χ1n) is 7.95. The maximum Gasteiger partial charge on any atom is 0.303 e. The maximum absolute atomic E-state index is 10.3. The first-order valence-corrected chi connectivity index (χ1v) is 7.95. The average Bonchev–Trinajstić information content (AvgIpc) is 2.34. The molecule has 0 aromatic rings. The number of carbonyl (C=O) groups is 1. The lowest BCUT2D eigenvalue weighted by Crippen LogP contribution is -2.19. The maximum atomic E-state index is 10.3. The number of hydrogen-bond acceptors (Lipinski definition) is 3. The Kier molecular flexibility index (Phi) is 13.4. The molecule has 4 heteroatoms. The SMILES string of the molecule is CC(C)CC(C#N)C(C)C.CC(C)CC(CN)CC(=O)O. The van der Waals surface area contributed by atoms with Gasteiger partial charge in [-0.25, -0.2) is 0 Å². The zero-order valence-electron chi connectivity index (χ0n) is 14.6. The molecule has 0 aliphatic carbocycles. The molecule has 0 spiro atoms. The molecule has 2 atom stereocenters. The Balaban J connectivity index is 0. The van der Waals surface area contributed by atoms with Crippen LogP contribution in [0.5, 0.6) is 0 Å². The van der Waals surface area contributed by atoms with E-state index in [4.69, 9.17) is 16.1 Å². The standard InChI is InChI=1S/C9H17N.C8H17NO2/c1-7(2)5-9(6-10)8(3)4;1-6(2)3-7(5-9)4-8(10)11/h7-9H,5H2,1-4H3;6-7H,3-5,9H2,1-2H3,(H,10,11). The van der Waals surface area contributed by atoms with Crippen molar-refractivity contribution in [3.05, 3.63) is 0 Å². The van der Waals surface area contributed by atoms with Gasteiger partial charge < -0.3 is 10.8 Å². The molecule has 3 N–H and O–H groups in total. The van der Waals surface area contributed by atoms with Crippen molar-refractivity contribution >= 4 is 5.97 Å². The van der Waals surface area contributed by atoms with E-state index in [0.717, 1.165) is 12.8 Å². The molecule has 0 heterocycles. The molecule has 0 saturated carbocycles. The van der Waals surface area contributed by atoms with Gasteiger partial charge in [0.15, 0.2) is 0 Å². The summed E-state index contributed by atoms with van der Waals surface area (Å²) in [7, 11) is 0. The van der Waals surface area contributed by atoms with E-state index >= 15 is 0 Å². The molecular formula is C17H34N2O2. The van der Waals surface area contributed by atoms with Crippen LogP contribution in [0.4, 0.5) is 0 Å². The molecule has 0 amide bonds. The van der Waals surface area contributed by atoms with Gasteiger partial charge in [0.2, 0.25) is 0 Å². The topological polar surface area (TPSA) is 87.1 Å². The van der Waals surface area contributed by atoms with E-state index in [1.54, 1.807) is 0 Å². The summed E-state index contributed by atoms with van der Waals surface area (Å²) in [6.07, 6.45) is 2.14. The van der Waals surface area contributed by atoms with Crippen LogP contribution < -0.4 is 5.73 Å². The van der Waals surface area contributed by atoms with E-state index in [2.05, 4.69) is 47.6 Å². The quantitative estimate of drug-likeness (QED) is 0.711. The molecule has 124 valence electrons. The number of nitrogens with two attached hydrogens (primary N) is 1. The average molecular weight is 298 g/mol. The monoisotopic (exact) mass is 298 g/mol. The van der Waals surface area contributed by atoms with Crippen molar-refractivity contribution in [2.75, 3.05) is 6.54 Å². The fraction of sp³-hybridized carbons (Fsp3) is 0.882. The minimum Gasteiger partial charge on any atom is -0.481 e. The number of carboxylic acid groups (broad SMARTS) is 1. The van der Waals surface area contributed by atoms with Crippen LogP contribution in [0.15, 0.2) is 0 Å². The molecule has 21 heavy (non-hydrogen) atoms. The first kappa shape index (κ1) is 22.2. The van der Waals surface area contributed by atoms with Crippen molar-refractivity contribution in [2.45, 2.75) is 60.8 Å². The number of nitriles is 1. The highest BCUT2D eigenvalue weighted by Gasteiger charge is 2.13. The van der Waals surface area contributed by atoms with Crippen molar-refractivity contribution in [1.29, 1.82) is 5.26 Å². The van der Waals surface area contributed by atoms with Crippen LogP contribution in [0.25, 0.3) is 0 Å². The third-order valence-electron chi connectivity index (χ3n) is 3.30. The van der Waals surface area contributed by atoms with Gasteiger partial charge in [0.05, 0.1) is 6.07 Å². The van der Waals surface area contributed by atoms with E-state index in [9.17, 15) is 4.79 Å². The molecular weight excluding hydrogens is 264 g/mol. The van der Waals surface area contributed by atoms with E-state index in [1.165, 1.54) is 0 Å². The summed E-state index contributed by atoms with van der Waals surface area (Å²) in [5.74, 6) is 1.33. The highest BCUT2D eigenvalue weighted by Crippen LogP contribution is 2.18. The minimum absolute atomic E-state index is 0.146. The summed E-state index contributed by atoms with van der Waals surface area (Å²) in [6, 6.07) is 2.33.